The molecule has 7 nitrogen and oxygen atoms in total. The summed E-state index contributed by atoms with van der Waals surface area (Å²) >= 11 is 0. The zero-order valence-electron chi connectivity index (χ0n) is 18.8. The van der Waals surface area contributed by atoms with Gasteiger partial charge in [-0.25, -0.2) is 16.8 Å². The average molecular weight is 479 g/mol. The Kier molecular flexibility index (Phi) is 7.12. The van der Waals surface area contributed by atoms with Gasteiger partial charge in [0.1, 0.15) is 0 Å². The van der Waals surface area contributed by atoms with Crippen LogP contribution in [0.4, 0.5) is 0 Å². The minimum Gasteiger partial charge on any atom is -0.346 e. The Morgan fingerprint density at radius 1 is 0.906 bits per heavy atom. The highest BCUT2D eigenvalue weighted by atomic mass is 32.2. The molecule has 1 fully saturated rings. The SMILES string of the molecule is C[C@@H]1C[C@@H](C)CN(S(=O)(=O)c2ccc(C(=O)N[C@H](C)c3ccc(S(C)(=O)=O)cc3)cc2)C1. The van der Waals surface area contributed by atoms with Crippen molar-refractivity contribution in [1.82, 2.24) is 9.62 Å². The Hall–Kier alpha value is -2.23. The van der Waals surface area contributed by atoms with Crippen LogP contribution in [0.3, 0.4) is 0 Å². The van der Waals surface area contributed by atoms with E-state index >= 15 is 0 Å². The third-order valence-electron chi connectivity index (χ3n) is 5.75. The fraction of sp³-hybridized carbons (Fsp3) is 0.435. The zero-order chi connectivity index (χ0) is 23.7. The van der Waals surface area contributed by atoms with E-state index < -0.39 is 19.9 Å². The molecular weight excluding hydrogens is 448 g/mol. The van der Waals surface area contributed by atoms with Crippen molar-refractivity contribution in [1.29, 1.82) is 0 Å². The fourth-order valence-corrected chi connectivity index (χ4v) is 6.41. The second kappa shape index (κ2) is 9.33. The summed E-state index contributed by atoms with van der Waals surface area (Å²) in [4.78, 5) is 13.0. The third-order valence-corrected chi connectivity index (χ3v) is 8.72. The number of carbonyl (C=O) groups excluding carboxylic acids is 1. The zero-order valence-corrected chi connectivity index (χ0v) is 20.4. The van der Waals surface area contributed by atoms with Crippen LogP contribution in [-0.4, -0.2) is 46.4 Å². The second-order valence-electron chi connectivity index (χ2n) is 8.83. The molecule has 174 valence electrons. The van der Waals surface area contributed by atoms with Gasteiger partial charge in [0.2, 0.25) is 10.0 Å². The lowest BCUT2D eigenvalue weighted by Gasteiger charge is -2.34. The number of nitrogens with zero attached hydrogens (tertiary/aromatic N) is 1. The van der Waals surface area contributed by atoms with Crippen molar-refractivity contribution in [2.75, 3.05) is 19.3 Å². The van der Waals surface area contributed by atoms with Gasteiger partial charge in [0.15, 0.2) is 9.84 Å². The van der Waals surface area contributed by atoms with Gasteiger partial charge in [-0.3, -0.25) is 4.79 Å². The maximum Gasteiger partial charge on any atom is 0.251 e. The predicted octanol–water partition coefficient (Wildman–Crippen LogP) is 3.25. The summed E-state index contributed by atoms with van der Waals surface area (Å²) < 4.78 is 50.7. The minimum atomic E-state index is -3.60. The monoisotopic (exact) mass is 478 g/mol. The van der Waals surface area contributed by atoms with E-state index in [1.165, 1.54) is 40.7 Å². The molecule has 0 saturated carbocycles. The molecule has 0 bridgehead atoms. The van der Waals surface area contributed by atoms with Gasteiger partial charge in [-0.15, -0.1) is 0 Å². The fourth-order valence-electron chi connectivity index (χ4n) is 4.10. The number of sulfone groups is 1. The first-order valence-corrected chi connectivity index (χ1v) is 13.9. The van der Waals surface area contributed by atoms with Crippen LogP contribution in [0.5, 0.6) is 0 Å². The number of sulfonamides is 1. The van der Waals surface area contributed by atoms with Crippen LogP contribution in [-0.2, 0) is 19.9 Å². The van der Waals surface area contributed by atoms with Crippen LogP contribution in [0.15, 0.2) is 58.3 Å². The lowest BCUT2D eigenvalue weighted by atomic mass is 9.94. The van der Waals surface area contributed by atoms with Crippen LogP contribution < -0.4 is 5.32 Å². The molecule has 0 aromatic heterocycles. The third kappa shape index (κ3) is 5.57. The molecule has 1 N–H and O–H groups in total. The lowest BCUT2D eigenvalue weighted by molar-refractivity contribution is 0.0939. The van der Waals surface area contributed by atoms with E-state index in [2.05, 4.69) is 19.2 Å². The molecule has 1 aliphatic heterocycles. The number of nitrogens with one attached hydrogen (secondary N) is 1. The molecule has 2 aromatic carbocycles. The summed E-state index contributed by atoms with van der Waals surface area (Å²) in [7, 11) is -6.88. The molecule has 3 rings (SSSR count). The van der Waals surface area contributed by atoms with Crippen molar-refractivity contribution < 1.29 is 21.6 Å². The van der Waals surface area contributed by atoms with Crippen molar-refractivity contribution in [3.8, 4) is 0 Å². The first kappa shape index (κ1) is 24.4. The van der Waals surface area contributed by atoms with Gasteiger partial charge in [-0.1, -0.05) is 26.0 Å². The van der Waals surface area contributed by atoms with E-state index in [9.17, 15) is 21.6 Å². The van der Waals surface area contributed by atoms with E-state index in [0.29, 0.717) is 30.5 Å². The Morgan fingerprint density at radius 2 is 1.41 bits per heavy atom. The molecule has 0 aliphatic carbocycles. The molecule has 2 aromatic rings. The average Bonchev–Trinajstić information content (AvgIpc) is 2.72. The van der Waals surface area contributed by atoms with E-state index in [1.807, 2.05) is 0 Å². The molecule has 1 aliphatic rings. The minimum absolute atomic E-state index is 0.180. The van der Waals surface area contributed by atoms with Crippen molar-refractivity contribution >= 4 is 25.8 Å². The number of carbonyl (C=O) groups is 1. The van der Waals surface area contributed by atoms with E-state index in [0.717, 1.165) is 18.2 Å². The van der Waals surface area contributed by atoms with Gasteiger partial charge < -0.3 is 5.32 Å². The van der Waals surface area contributed by atoms with Gasteiger partial charge in [0, 0.05) is 24.9 Å². The first-order valence-electron chi connectivity index (χ1n) is 10.6. The van der Waals surface area contributed by atoms with E-state index in [-0.39, 0.29) is 21.7 Å². The largest absolute Gasteiger partial charge is 0.346 e. The van der Waals surface area contributed by atoms with Gasteiger partial charge in [-0.05, 0) is 67.1 Å². The van der Waals surface area contributed by atoms with Crippen LogP contribution >= 0.6 is 0 Å². The van der Waals surface area contributed by atoms with Gasteiger partial charge in [0.05, 0.1) is 15.8 Å². The Morgan fingerprint density at radius 3 is 1.91 bits per heavy atom. The Balaban J connectivity index is 1.69. The van der Waals surface area contributed by atoms with Crippen LogP contribution in [0.2, 0.25) is 0 Å². The summed E-state index contributed by atoms with van der Waals surface area (Å²) in [6.45, 7) is 6.92. The maximum atomic E-state index is 13.0. The van der Waals surface area contributed by atoms with Gasteiger partial charge in [-0.2, -0.15) is 4.31 Å². The number of hydrogen-bond donors (Lipinski definition) is 1. The number of amides is 1. The standard InChI is InChI=1S/C23H30N2O5S2/c1-16-13-17(2)15-25(14-16)32(29,30)22-11-7-20(8-12-22)23(26)24-18(3)19-5-9-21(10-6-19)31(4,27)28/h5-12,16-18H,13-15H2,1-4H3,(H,24,26)/t16-,17-,18-/m1/s1. The van der Waals surface area contributed by atoms with E-state index in [4.69, 9.17) is 0 Å². The summed E-state index contributed by atoms with van der Waals surface area (Å²) in [5.41, 5.74) is 1.11. The predicted molar refractivity (Wildman–Crippen MR) is 124 cm³/mol. The molecular formula is C23H30N2O5S2. The molecule has 32 heavy (non-hydrogen) atoms. The highest BCUT2D eigenvalue weighted by Crippen LogP contribution is 2.27. The topological polar surface area (TPSA) is 101 Å². The Labute approximate surface area is 190 Å². The number of benzene rings is 2. The number of rotatable bonds is 6. The molecule has 1 saturated heterocycles. The highest BCUT2D eigenvalue weighted by molar-refractivity contribution is 7.90. The number of hydrogen-bond acceptors (Lipinski definition) is 5. The maximum absolute atomic E-state index is 13.0. The van der Waals surface area contributed by atoms with Crippen LogP contribution in [0, 0.1) is 11.8 Å². The molecule has 3 atom stereocenters. The van der Waals surface area contributed by atoms with Crippen molar-refractivity contribution in [2.24, 2.45) is 11.8 Å². The molecule has 1 heterocycles. The second-order valence-corrected chi connectivity index (χ2v) is 12.8. The highest BCUT2D eigenvalue weighted by Gasteiger charge is 2.31. The molecule has 9 heteroatoms. The summed E-state index contributed by atoms with van der Waals surface area (Å²) in [6, 6.07) is 12.0. The Bertz CT molecular complexity index is 1160. The first-order chi connectivity index (χ1) is 14.9. The normalized spacial score (nSPS) is 21.1. The summed E-state index contributed by atoms with van der Waals surface area (Å²) in [5, 5.41) is 2.86. The molecule has 0 spiro atoms. The van der Waals surface area contributed by atoms with Crippen LogP contribution in [0.25, 0.3) is 0 Å². The van der Waals surface area contributed by atoms with Crippen molar-refractivity contribution in [2.45, 2.75) is 43.0 Å². The number of piperidine rings is 1. The molecule has 0 radical (unpaired) electrons. The summed E-state index contributed by atoms with van der Waals surface area (Å²) in [6.07, 6.45) is 2.16. The quantitative estimate of drug-likeness (QED) is 0.687. The van der Waals surface area contributed by atoms with Crippen molar-refractivity contribution in [3.63, 3.8) is 0 Å². The lowest BCUT2D eigenvalue weighted by Crippen LogP contribution is -2.42. The van der Waals surface area contributed by atoms with E-state index in [1.54, 1.807) is 19.1 Å². The van der Waals surface area contributed by atoms with Crippen LogP contribution in [0.1, 0.15) is 49.2 Å². The van der Waals surface area contributed by atoms with Gasteiger partial charge in [0.25, 0.3) is 5.91 Å². The molecule has 0 unspecified atom stereocenters. The molecule has 1 amide bonds. The summed E-state index contributed by atoms with van der Waals surface area (Å²) in [5.74, 6) is 0.284. The smallest absolute Gasteiger partial charge is 0.251 e. The van der Waals surface area contributed by atoms with Gasteiger partial charge >= 0.3 is 0 Å². The van der Waals surface area contributed by atoms with Crippen molar-refractivity contribution in [3.05, 3.63) is 59.7 Å².